The summed E-state index contributed by atoms with van der Waals surface area (Å²) in [7, 11) is 3.30. The lowest BCUT2D eigenvalue weighted by molar-refractivity contribution is -0.122. The van der Waals surface area contributed by atoms with Crippen LogP contribution in [0.25, 0.3) is 0 Å². The van der Waals surface area contributed by atoms with Gasteiger partial charge < -0.3 is 19.5 Å². The molecule has 0 aliphatic carbocycles. The lowest BCUT2D eigenvalue weighted by Crippen LogP contribution is -2.49. The van der Waals surface area contributed by atoms with Crippen molar-refractivity contribution in [3.8, 4) is 0 Å². The largest absolute Gasteiger partial charge is 0.380 e. The molecule has 2 unspecified atom stereocenters. The van der Waals surface area contributed by atoms with Crippen molar-refractivity contribution in [3.63, 3.8) is 0 Å². The van der Waals surface area contributed by atoms with Crippen LogP contribution in [-0.2, 0) is 14.2 Å². The second-order valence-electron chi connectivity index (χ2n) is 4.31. The quantitative estimate of drug-likeness (QED) is 0.615. The fourth-order valence-corrected chi connectivity index (χ4v) is 1.60. The van der Waals surface area contributed by atoms with Crippen molar-refractivity contribution < 1.29 is 14.2 Å². The maximum atomic E-state index is 5.46. The molecule has 0 bridgehead atoms. The van der Waals surface area contributed by atoms with E-state index >= 15 is 0 Å². The van der Waals surface area contributed by atoms with Crippen LogP contribution in [0.2, 0.25) is 0 Å². The third-order valence-electron chi connectivity index (χ3n) is 2.66. The Balaban J connectivity index is 4.15. The van der Waals surface area contributed by atoms with Gasteiger partial charge in [0.05, 0.1) is 12.6 Å². The van der Waals surface area contributed by atoms with E-state index in [2.05, 4.69) is 26.1 Å². The fourth-order valence-electron chi connectivity index (χ4n) is 1.60. The smallest absolute Gasteiger partial charge is 0.171 e. The van der Waals surface area contributed by atoms with Gasteiger partial charge in [0.2, 0.25) is 0 Å². The van der Waals surface area contributed by atoms with E-state index in [-0.39, 0.29) is 12.3 Å². The minimum Gasteiger partial charge on any atom is -0.380 e. The summed E-state index contributed by atoms with van der Waals surface area (Å²) in [5, 5.41) is 3.48. The molecule has 0 radical (unpaired) electrons. The lowest BCUT2D eigenvalue weighted by atomic mass is 10.0. The van der Waals surface area contributed by atoms with Crippen molar-refractivity contribution in [3.05, 3.63) is 0 Å². The second-order valence-corrected chi connectivity index (χ2v) is 4.31. The lowest BCUT2D eigenvalue weighted by Gasteiger charge is -2.29. The molecular formula is C12H27NO3. The molecule has 4 nitrogen and oxygen atoms in total. The predicted octanol–water partition coefficient (Wildman–Crippen LogP) is 1.64. The van der Waals surface area contributed by atoms with Gasteiger partial charge in [-0.25, -0.2) is 0 Å². The first-order valence-corrected chi connectivity index (χ1v) is 5.96. The van der Waals surface area contributed by atoms with Gasteiger partial charge in [-0.1, -0.05) is 13.8 Å². The molecule has 0 aromatic heterocycles. The van der Waals surface area contributed by atoms with Crippen LogP contribution >= 0.6 is 0 Å². The zero-order valence-corrected chi connectivity index (χ0v) is 11.4. The number of nitrogens with one attached hydrogen (secondary N) is 1. The fraction of sp³-hybridized carbons (Fsp3) is 1.00. The third kappa shape index (κ3) is 5.80. The Kier molecular flexibility index (Phi) is 8.84. The van der Waals surface area contributed by atoms with Crippen molar-refractivity contribution in [2.45, 2.75) is 46.1 Å². The standard InChI is InChI=1S/C12H27NO3/c1-7-16-8-11(9(2)3)13-10(4)12(14-5)15-6/h9-13H,7-8H2,1-6H3. The highest BCUT2D eigenvalue weighted by molar-refractivity contribution is 4.76. The molecule has 0 aromatic carbocycles. The molecule has 2 atom stereocenters. The minimum atomic E-state index is -0.220. The van der Waals surface area contributed by atoms with E-state index in [9.17, 15) is 0 Å². The molecule has 16 heavy (non-hydrogen) atoms. The van der Waals surface area contributed by atoms with E-state index in [0.717, 1.165) is 13.2 Å². The highest BCUT2D eigenvalue weighted by Crippen LogP contribution is 2.07. The van der Waals surface area contributed by atoms with Crippen molar-refractivity contribution in [2.24, 2.45) is 5.92 Å². The Morgan fingerprint density at radius 3 is 2.00 bits per heavy atom. The van der Waals surface area contributed by atoms with Crippen LogP contribution in [0.1, 0.15) is 27.7 Å². The predicted molar refractivity (Wildman–Crippen MR) is 65.5 cm³/mol. The van der Waals surface area contributed by atoms with E-state index in [0.29, 0.717) is 12.0 Å². The topological polar surface area (TPSA) is 39.7 Å². The van der Waals surface area contributed by atoms with E-state index in [4.69, 9.17) is 14.2 Å². The molecule has 0 saturated carbocycles. The summed E-state index contributed by atoms with van der Waals surface area (Å²) in [6.45, 7) is 9.89. The van der Waals surface area contributed by atoms with Gasteiger partial charge in [0.25, 0.3) is 0 Å². The van der Waals surface area contributed by atoms with Crippen molar-refractivity contribution >= 4 is 0 Å². The Bertz CT molecular complexity index is 160. The second kappa shape index (κ2) is 8.93. The Hall–Kier alpha value is -0.160. The van der Waals surface area contributed by atoms with E-state index in [1.54, 1.807) is 14.2 Å². The first kappa shape index (κ1) is 15.8. The van der Waals surface area contributed by atoms with Gasteiger partial charge in [0.15, 0.2) is 6.29 Å². The SMILES string of the molecule is CCOCC(NC(C)C(OC)OC)C(C)C. The van der Waals surface area contributed by atoms with Gasteiger partial charge >= 0.3 is 0 Å². The van der Waals surface area contributed by atoms with E-state index in [1.807, 2.05) is 6.92 Å². The van der Waals surface area contributed by atoms with Crippen LogP contribution in [-0.4, -0.2) is 45.8 Å². The Morgan fingerprint density at radius 2 is 1.62 bits per heavy atom. The van der Waals surface area contributed by atoms with Gasteiger partial charge in [0.1, 0.15) is 0 Å². The van der Waals surface area contributed by atoms with Crippen molar-refractivity contribution in [1.29, 1.82) is 0 Å². The number of methoxy groups -OCH3 is 2. The minimum absolute atomic E-state index is 0.142. The number of hydrogen-bond donors (Lipinski definition) is 1. The Morgan fingerprint density at radius 1 is 1.06 bits per heavy atom. The Labute approximate surface area is 99.6 Å². The molecule has 0 aliphatic heterocycles. The molecule has 0 amide bonds. The maximum absolute atomic E-state index is 5.46. The van der Waals surface area contributed by atoms with E-state index < -0.39 is 0 Å². The van der Waals surface area contributed by atoms with Crippen LogP contribution in [0.5, 0.6) is 0 Å². The maximum Gasteiger partial charge on any atom is 0.171 e. The van der Waals surface area contributed by atoms with Gasteiger partial charge in [-0.15, -0.1) is 0 Å². The van der Waals surface area contributed by atoms with Crippen LogP contribution in [0.4, 0.5) is 0 Å². The molecule has 0 rings (SSSR count). The van der Waals surface area contributed by atoms with E-state index in [1.165, 1.54) is 0 Å². The summed E-state index contributed by atoms with van der Waals surface area (Å²) in [5.74, 6) is 0.517. The monoisotopic (exact) mass is 233 g/mol. The van der Waals surface area contributed by atoms with Crippen LogP contribution in [0.15, 0.2) is 0 Å². The molecule has 1 N–H and O–H groups in total. The molecule has 0 heterocycles. The normalized spacial score (nSPS) is 15.8. The summed E-state index contributed by atoms with van der Waals surface area (Å²) < 4.78 is 15.9. The number of rotatable bonds is 9. The van der Waals surface area contributed by atoms with Gasteiger partial charge in [0, 0.05) is 26.9 Å². The summed E-state index contributed by atoms with van der Waals surface area (Å²) in [4.78, 5) is 0. The van der Waals surface area contributed by atoms with Crippen LogP contribution < -0.4 is 5.32 Å². The van der Waals surface area contributed by atoms with Gasteiger partial charge in [-0.05, 0) is 19.8 Å². The molecular weight excluding hydrogens is 206 g/mol. The zero-order valence-electron chi connectivity index (χ0n) is 11.4. The first-order chi connectivity index (χ1) is 7.56. The zero-order chi connectivity index (χ0) is 12.6. The van der Waals surface area contributed by atoms with Crippen molar-refractivity contribution in [1.82, 2.24) is 5.32 Å². The van der Waals surface area contributed by atoms with Crippen molar-refractivity contribution in [2.75, 3.05) is 27.4 Å². The number of ether oxygens (including phenoxy) is 3. The molecule has 98 valence electrons. The summed E-state index contributed by atoms with van der Waals surface area (Å²) in [6, 6.07) is 0.464. The summed E-state index contributed by atoms with van der Waals surface area (Å²) in [5.41, 5.74) is 0. The number of hydrogen-bond acceptors (Lipinski definition) is 4. The average Bonchev–Trinajstić information content (AvgIpc) is 2.25. The average molecular weight is 233 g/mol. The van der Waals surface area contributed by atoms with Gasteiger partial charge in [-0.3, -0.25) is 0 Å². The third-order valence-corrected chi connectivity index (χ3v) is 2.66. The highest BCUT2D eigenvalue weighted by atomic mass is 16.7. The molecule has 0 fully saturated rings. The molecule has 4 heteroatoms. The summed E-state index contributed by atoms with van der Waals surface area (Å²) in [6.07, 6.45) is -0.220. The molecule has 0 saturated heterocycles. The molecule has 0 aromatic rings. The van der Waals surface area contributed by atoms with Gasteiger partial charge in [-0.2, -0.15) is 0 Å². The first-order valence-electron chi connectivity index (χ1n) is 5.96. The molecule has 0 spiro atoms. The van der Waals surface area contributed by atoms with Crippen LogP contribution in [0, 0.1) is 5.92 Å². The molecule has 0 aliphatic rings. The highest BCUT2D eigenvalue weighted by Gasteiger charge is 2.21. The summed E-state index contributed by atoms with van der Waals surface area (Å²) >= 11 is 0. The van der Waals surface area contributed by atoms with Crippen LogP contribution in [0.3, 0.4) is 0 Å².